The normalized spacial score (nSPS) is 15.8. The molecule has 1 atom stereocenters. The van der Waals surface area contributed by atoms with Crippen LogP contribution in [-0.4, -0.2) is 41.5 Å². The predicted octanol–water partition coefficient (Wildman–Crippen LogP) is 4.22. The molecule has 0 bridgehead atoms. The lowest BCUT2D eigenvalue weighted by atomic mass is 10.1. The van der Waals surface area contributed by atoms with Crippen molar-refractivity contribution in [3.63, 3.8) is 0 Å². The van der Waals surface area contributed by atoms with Gasteiger partial charge < -0.3 is 19.6 Å². The summed E-state index contributed by atoms with van der Waals surface area (Å²) in [5, 5.41) is 8.26. The Hall–Kier alpha value is -2.87. The van der Waals surface area contributed by atoms with Crippen molar-refractivity contribution < 1.29 is 14.3 Å². The number of fused-ring (bicyclic) bond motifs is 1. The number of aromatic nitrogens is 2. The average Bonchev–Trinajstić information content (AvgIpc) is 3.16. The quantitative estimate of drug-likeness (QED) is 0.615. The van der Waals surface area contributed by atoms with Gasteiger partial charge >= 0.3 is 0 Å². The first-order valence-electron chi connectivity index (χ1n) is 8.78. The second-order valence-electron chi connectivity index (χ2n) is 6.28. The Morgan fingerprint density at radius 3 is 2.79 bits per heavy atom. The van der Waals surface area contributed by atoms with Gasteiger partial charge in [0.1, 0.15) is 10.4 Å². The summed E-state index contributed by atoms with van der Waals surface area (Å²) >= 11 is 3.36. The maximum Gasteiger partial charge on any atom is 0.161 e. The van der Waals surface area contributed by atoms with Gasteiger partial charge in [-0.2, -0.15) is 0 Å². The molecule has 3 aromatic rings. The second-order valence-corrected chi connectivity index (χ2v) is 7.19. The van der Waals surface area contributed by atoms with Gasteiger partial charge in [0.15, 0.2) is 17.6 Å². The standard InChI is InChI=1S/C20H19BrN4O3/c1-26-17-6-5-12(8-18(17)27-2)15-10-16-14(4-3-7-22-16)20(24-15)23-11-13-9-19(21)25-28-13/h3-8,10,13H,9,11H2,1-2H3,(H,23,24). The molecule has 0 spiro atoms. The number of pyridine rings is 2. The molecule has 8 heteroatoms. The summed E-state index contributed by atoms with van der Waals surface area (Å²) in [7, 11) is 3.23. The van der Waals surface area contributed by atoms with Gasteiger partial charge in [0.25, 0.3) is 0 Å². The minimum atomic E-state index is -0.0346. The first kappa shape index (κ1) is 18.5. The highest BCUT2D eigenvalue weighted by Gasteiger charge is 2.20. The molecule has 1 N–H and O–H groups in total. The minimum absolute atomic E-state index is 0.0346. The Bertz CT molecular complexity index is 1040. The van der Waals surface area contributed by atoms with Crippen LogP contribution in [0.4, 0.5) is 5.82 Å². The van der Waals surface area contributed by atoms with Gasteiger partial charge in [-0.25, -0.2) is 4.98 Å². The highest BCUT2D eigenvalue weighted by molar-refractivity contribution is 9.18. The van der Waals surface area contributed by atoms with E-state index in [-0.39, 0.29) is 6.10 Å². The molecule has 0 radical (unpaired) electrons. The van der Waals surface area contributed by atoms with Crippen molar-refractivity contribution in [2.45, 2.75) is 12.5 Å². The van der Waals surface area contributed by atoms with E-state index in [1.807, 2.05) is 36.4 Å². The Morgan fingerprint density at radius 1 is 1.18 bits per heavy atom. The Labute approximate surface area is 170 Å². The van der Waals surface area contributed by atoms with Crippen LogP contribution in [-0.2, 0) is 4.84 Å². The van der Waals surface area contributed by atoms with Crippen molar-refractivity contribution in [2.24, 2.45) is 5.16 Å². The number of oxime groups is 1. The zero-order valence-corrected chi connectivity index (χ0v) is 17.1. The second kappa shape index (κ2) is 8.02. The van der Waals surface area contributed by atoms with Crippen molar-refractivity contribution in [2.75, 3.05) is 26.1 Å². The van der Waals surface area contributed by atoms with E-state index in [9.17, 15) is 0 Å². The lowest BCUT2D eigenvalue weighted by Crippen LogP contribution is -2.20. The third kappa shape index (κ3) is 3.73. The third-order valence-corrected chi connectivity index (χ3v) is 4.94. The highest BCUT2D eigenvalue weighted by atomic mass is 79.9. The molecule has 7 nitrogen and oxygen atoms in total. The molecule has 0 saturated heterocycles. The van der Waals surface area contributed by atoms with Crippen molar-refractivity contribution in [1.82, 2.24) is 9.97 Å². The molecule has 28 heavy (non-hydrogen) atoms. The van der Waals surface area contributed by atoms with Gasteiger partial charge in [-0.05, 0) is 52.3 Å². The minimum Gasteiger partial charge on any atom is -0.493 e. The Morgan fingerprint density at radius 2 is 2.04 bits per heavy atom. The van der Waals surface area contributed by atoms with Gasteiger partial charge in [-0.3, -0.25) is 4.98 Å². The van der Waals surface area contributed by atoms with Crippen molar-refractivity contribution in [3.8, 4) is 22.8 Å². The smallest absolute Gasteiger partial charge is 0.161 e. The topological polar surface area (TPSA) is 77.9 Å². The molecule has 1 aliphatic rings. The molecule has 0 fully saturated rings. The van der Waals surface area contributed by atoms with E-state index in [1.165, 1.54) is 0 Å². The number of benzene rings is 1. The fourth-order valence-corrected chi connectivity index (χ4v) is 3.51. The van der Waals surface area contributed by atoms with Gasteiger partial charge in [0.2, 0.25) is 0 Å². The number of anilines is 1. The van der Waals surface area contributed by atoms with Gasteiger partial charge in [-0.15, -0.1) is 0 Å². The zero-order valence-electron chi connectivity index (χ0n) is 15.5. The maximum atomic E-state index is 5.42. The summed E-state index contributed by atoms with van der Waals surface area (Å²) in [5.74, 6) is 2.08. The molecular formula is C20H19BrN4O3. The van der Waals surface area contributed by atoms with Crippen molar-refractivity contribution >= 4 is 37.3 Å². The van der Waals surface area contributed by atoms with Crippen LogP contribution in [0.1, 0.15) is 6.42 Å². The maximum absolute atomic E-state index is 5.42. The van der Waals surface area contributed by atoms with Crippen LogP contribution >= 0.6 is 15.9 Å². The van der Waals surface area contributed by atoms with E-state index in [1.54, 1.807) is 20.4 Å². The van der Waals surface area contributed by atoms with Crippen LogP contribution in [0, 0.1) is 0 Å². The van der Waals surface area contributed by atoms with E-state index in [4.69, 9.17) is 19.3 Å². The molecule has 0 saturated carbocycles. The zero-order chi connectivity index (χ0) is 19.5. The fraction of sp³-hybridized carbons (Fsp3) is 0.250. The number of ether oxygens (including phenoxy) is 2. The number of halogens is 1. The predicted molar refractivity (Wildman–Crippen MR) is 112 cm³/mol. The van der Waals surface area contributed by atoms with E-state index < -0.39 is 0 Å². The number of nitrogens with one attached hydrogen (secondary N) is 1. The summed E-state index contributed by atoms with van der Waals surface area (Å²) in [6, 6.07) is 11.6. The Balaban J connectivity index is 1.69. The number of rotatable bonds is 6. The molecule has 1 aliphatic heterocycles. The van der Waals surface area contributed by atoms with Crippen molar-refractivity contribution in [3.05, 3.63) is 42.6 Å². The summed E-state index contributed by atoms with van der Waals surface area (Å²) in [6.07, 6.45) is 2.47. The SMILES string of the molecule is COc1ccc(-c2cc3ncccc3c(NCC3CC(Br)=NO3)n2)cc1OC. The fourth-order valence-electron chi connectivity index (χ4n) is 3.07. The lowest BCUT2D eigenvalue weighted by molar-refractivity contribution is 0.0949. The van der Waals surface area contributed by atoms with E-state index in [0.29, 0.717) is 18.0 Å². The first-order valence-corrected chi connectivity index (χ1v) is 9.57. The van der Waals surface area contributed by atoms with Crippen LogP contribution in [0.5, 0.6) is 11.5 Å². The van der Waals surface area contributed by atoms with Crippen LogP contribution in [0.3, 0.4) is 0 Å². The van der Waals surface area contributed by atoms with Crippen molar-refractivity contribution in [1.29, 1.82) is 0 Å². The highest BCUT2D eigenvalue weighted by Crippen LogP contribution is 2.33. The number of hydrogen-bond donors (Lipinski definition) is 1. The molecule has 0 aliphatic carbocycles. The van der Waals surface area contributed by atoms with E-state index in [0.717, 1.165) is 39.0 Å². The average molecular weight is 443 g/mol. The third-order valence-electron chi connectivity index (χ3n) is 4.47. The number of nitrogens with zero attached hydrogens (tertiary/aromatic N) is 3. The molecule has 0 amide bonds. The summed E-state index contributed by atoms with van der Waals surface area (Å²) < 4.78 is 11.6. The molecule has 1 unspecified atom stereocenters. The number of hydrogen-bond acceptors (Lipinski definition) is 7. The Kier molecular flexibility index (Phi) is 5.29. The molecular weight excluding hydrogens is 424 g/mol. The largest absolute Gasteiger partial charge is 0.493 e. The summed E-state index contributed by atoms with van der Waals surface area (Å²) in [6.45, 7) is 0.588. The van der Waals surface area contributed by atoms with Crippen LogP contribution in [0.25, 0.3) is 22.2 Å². The van der Waals surface area contributed by atoms with Crippen LogP contribution in [0.15, 0.2) is 47.8 Å². The number of methoxy groups -OCH3 is 2. The van der Waals surface area contributed by atoms with Gasteiger partial charge in [0, 0.05) is 23.6 Å². The van der Waals surface area contributed by atoms with Gasteiger partial charge in [0.05, 0.1) is 32.0 Å². The molecule has 4 rings (SSSR count). The lowest BCUT2D eigenvalue weighted by Gasteiger charge is -2.14. The molecule has 144 valence electrons. The molecule has 2 aromatic heterocycles. The van der Waals surface area contributed by atoms with Crippen LogP contribution in [0.2, 0.25) is 0 Å². The van der Waals surface area contributed by atoms with Gasteiger partial charge in [-0.1, -0.05) is 5.16 Å². The summed E-state index contributed by atoms with van der Waals surface area (Å²) in [5.41, 5.74) is 2.56. The molecule has 1 aromatic carbocycles. The summed E-state index contributed by atoms with van der Waals surface area (Å²) in [4.78, 5) is 14.7. The first-order chi connectivity index (χ1) is 13.7. The van der Waals surface area contributed by atoms with E-state index in [2.05, 4.69) is 31.4 Å². The van der Waals surface area contributed by atoms with Crippen LogP contribution < -0.4 is 14.8 Å². The monoisotopic (exact) mass is 442 g/mol. The molecule has 3 heterocycles. The van der Waals surface area contributed by atoms with E-state index >= 15 is 0 Å².